The SMILES string of the molecule is CC(C)[C@@H](CNC(Cc1ccccc1)C(=O)N[C@@H](CCS(C)(=O)=O)C(=O)O)N(CCc1cn(C(c2ccccc2)(c2ccccc2)c2ccccc2)cn1)C(=O)OCC(Cl)(Cl)Cl. The van der Waals surface area contributed by atoms with E-state index in [4.69, 9.17) is 44.5 Å². The zero-order chi connectivity index (χ0) is 44.9. The van der Waals surface area contributed by atoms with E-state index < -0.39 is 67.6 Å². The molecule has 1 aromatic heterocycles. The third-order valence-corrected chi connectivity index (χ3v) is 11.8. The van der Waals surface area contributed by atoms with E-state index in [1.165, 1.54) is 4.90 Å². The van der Waals surface area contributed by atoms with Crippen LogP contribution in [0.15, 0.2) is 134 Å². The Morgan fingerprint density at radius 2 is 1.34 bits per heavy atom. The van der Waals surface area contributed by atoms with Crippen LogP contribution in [0.1, 0.15) is 48.2 Å². The number of aliphatic carboxylic acids is 1. The van der Waals surface area contributed by atoms with Gasteiger partial charge in [0, 0.05) is 38.0 Å². The number of carbonyl (C=O) groups excluding carboxylic acids is 2. The molecule has 0 radical (unpaired) electrons. The molecule has 330 valence electrons. The van der Waals surface area contributed by atoms with Gasteiger partial charge >= 0.3 is 12.1 Å². The topological polar surface area (TPSA) is 160 Å². The molecule has 0 spiro atoms. The molecule has 5 aromatic rings. The summed E-state index contributed by atoms with van der Waals surface area (Å²) in [7, 11) is -3.50. The number of alkyl halides is 3. The summed E-state index contributed by atoms with van der Waals surface area (Å²) >= 11 is 18.0. The van der Waals surface area contributed by atoms with Gasteiger partial charge in [0.15, 0.2) is 0 Å². The Labute approximate surface area is 378 Å². The first-order chi connectivity index (χ1) is 29.5. The number of aromatic nitrogens is 2. The predicted molar refractivity (Wildman–Crippen MR) is 243 cm³/mol. The van der Waals surface area contributed by atoms with E-state index >= 15 is 0 Å². The third kappa shape index (κ3) is 13.3. The van der Waals surface area contributed by atoms with Crippen molar-refractivity contribution in [1.29, 1.82) is 0 Å². The molecule has 3 atom stereocenters. The molecule has 0 saturated carbocycles. The maximum Gasteiger partial charge on any atom is 0.410 e. The molecule has 2 amide bonds. The van der Waals surface area contributed by atoms with Crippen molar-refractivity contribution in [3.8, 4) is 0 Å². The number of carbonyl (C=O) groups is 3. The minimum Gasteiger partial charge on any atom is -0.480 e. The van der Waals surface area contributed by atoms with Crippen molar-refractivity contribution in [3.63, 3.8) is 0 Å². The van der Waals surface area contributed by atoms with Crippen LogP contribution in [0.2, 0.25) is 0 Å². The molecular formula is C46H52Cl3N5O7S. The van der Waals surface area contributed by atoms with Crippen molar-refractivity contribution < 1.29 is 32.6 Å². The van der Waals surface area contributed by atoms with E-state index in [1.807, 2.05) is 105 Å². The van der Waals surface area contributed by atoms with Gasteiger partial charge in [0.25, 0.3) is 0 Å². The van der Waals surface area contributed by atoms with Gasteiger partial charge in [-0.15, -0.1) is 0 Å². The molecule has 1 unspecified atom stereocenters. The number of ether oxygens (including phenoxy) is 1. The van der Waals surface area contributed by atoms with E-state index in [2.05, 4.69) is 51.6 Å². The highest BCUT2D eigenvalue weighted by Crippen LogP contribution is 2.41. The highest BCUT2D eigenvalue weighted by atomic mass is 35.6. The van der Waals surface area contributed by atoms with Crippen LogP contribution in [0.3, 0.4) is 0 Å². The molecular weight excluding hydrogens is 873 g/mol. The van der Waals surface area contributed by atoms with Crippen molar-refractivity contribution in [2.75, 3.05) is 31.7 Å². The number of halogens is 3. The molecule has 12 nitrogen and oxygen atoms in total. The van der Waals surface area contributed by atoms with Crippen LogP contribution in [0.4, 0.5) is 4.79 Å². The van der Waals surface area contributed by atoms with Crippen molar-refractivity contribution >= 4 is 62.6 Å². The lowest BCUT2D eigenvalue weighted by molar-refractivity contribution is -0.142. The Morgan fingerprint density at radius 1 is 0.823 bits per heavy atom. The maximum absolute atomic E-state index is 14.0. The Balaban J connectivity index is 1.46. The second kappa shape index (κ2) is 21.9. The van der Waals surface area contributed by atoms with E-state index in [0.29, 0.717) is 12.1 Å². The van der Waals surface area contributed by atoms with Gasteiger partial charge in [-0.25, -0.2) is 23.0 Å². The minimum absolute atomic E-state index is 0.0695. The summed E-state index contributed by atoms with van der Waals surface area (Å²) in [6.45, 7) is 3.51. The second-order valence-corrected chi connectivity index (χ2v) is 20.2. The monoisotopic (exact) mass is 923 g/mol. The van der Waals surface area contributed by atoms with Gasteiger partial charge in [0.2, 0.25) is 9.70 Å². The number of benzene rings is 4. The molecule has 16 heteroatoms. The fourth-order valence-corrected chi connectivity index (χ4v) is 8.28. The van der Waals surface area contributed by atoms with Crippen LogP contribution >= 0.6 is 34.8 Å². The minimum atomic E-state index is -3.50. The van der Waals surface area contributed by atoms with Crippen molar-refractivity contribution in [1.82, 2.24) is 25.1 Å². The summed E-state index contributed by atoms with van der Waals surface area (Å²) in [6, 6.07) is 36.6. The first-order valence-corrected chi connectivity index (χ1v) is 23.4. The highest BCUT2D eigenvalue weighted by molar-refractivity contribution is 7.90. The third-order valence-electron chi connectivity index (χ3n) is 10.5. The molecule has 0 aliphatic heterocycles. The number of sulfone groups is 1. The maximum atomic E-state index is 14.0. The molecule has 3 N–H and O–H groups in total. The molecule has 0 aliphatic carbocycles. The Hall–Kier alpha value is -4.92. The number of nitrogens with one attached hydrogen (secondary N) is 2. The summed E-state index contributed by atoms with van der Waals surface area (Å²) in [5.74, 6) is -2.64. The van der Waals surface area contributed by atoms with Gasteiger partial charge in [-0.1, -0.05) is 170 Å². The molecule has 4 aromatic carbocycles. The summed E-state index contributed by atoms with van der Waals surface area (Å²) in [5, 5.41) is 15.7. The number of carboxylic acids is 1. The van der Waals surface area contributed by atoms with Crippen LogP contribution in [-0.4, -0.2) is 99.6 Å². The number of rotatable bonds is 21. The van der Waals surface area contributed by atoms with Crippen LogP contribution < -0.4 is 10.6 Å². The summed E-state index contributed by atoms with van der Waals surface area (Å²) in [6.07, 6.45) is 4.17. The summed E-state index contributed by atoms with van der Waals surface area (Å²) in [4.78, 5) is 46.4. The van der Waals surface area contributed by atoms with Gasteiger partial charge in [-0.3, -0.25) is 4.79 Å². The summed E-state index contributed by atoms with van der Waals surface area (Å²) in [5.41, 5.74) is 3.72. The van der Waals surface area contributed by atoms with Gasteiger partial charge in [-0.05, 0) is 41.0 Å². The van der Waals surface area contributed by atoms with Gasteiger partial charge < -0.3 is 29.9 Å². The van der Waals surface area contributed by atoms with E-state index in [-0.39, 0.29) is 31.8 Å². The second-order valence-electron chi connectivity index (χ2n) is 15.5. The normalized spacial score (nSPS) is 13.5. The number of hydrogen-bond donors (Lipinski definition) is 3. The van der Waals surface area contributed by atoms with Crippen molar-refractivity contribution in [2.45, 2.75) is 60.6 Å². The quantitative estimate of drug-likeness (QED) is 0.0507. The van der Waals surface area contributed by atoms with Crippen molar-refractivity contribution in [2.24, 2.45) is 5.92 Å². The summed E-state index contributed by atoms with van der Waals surface area (Å²) < 4.78 is 29.5. The average Bonchev–Trinajstić information content (AvgIpc) is 3.72. The molecule has 62 heavy (non-hydrogen) atoms. The molecule has 5 rings (SSSR count). The van der Waals surface area contributed by atoms with Gasteiger partial charge in [-0.2, -0.15) is 0 Å². The van der Waals surface area contributed by atoms with E-state index in [9.17, 15) is 27.9 Å². The smallest absolute Gasteiger partial charge is 0.410 e. The van der Waals surface area contributed by atoms with Gasteiger partial charge in [0.1, 0.15) is 28.0 Å². The Morgan fingerprint density at radius 3 is 1.81 bits per heavy atom. The fraction of sp³-hybridized carbons (Fsp3) is 0.348. The lowest BCUT2D eigenvalue weighted by atomic mass is 9.77. The molecule has 0 fully saturated rings. The standard InChI is InChI=1S/C46H52Cl3N5O7S/c1-33(2)41(29-50-40(28-34-16-8-4-9-17-34)42(55)52-39(43(56)57)25-27-62(3,59)60)54(44(58)61-31-45(47,48)49)26-24-38-30-53(32-51-38)46(35-18-10-5-11-19-35,36-20-12-6-13-21-36)37-22-14-7-15-23-37/h4-23,30,32-33,39-41,50H,24-29,31H2,1-3H3,(H,52,55)(H,56,57)/t39-,40?,41+/m0/s1. The zero-order valence-electron chi connectivity index (χ0n) is 34.7. The Bertz CT molecular complexity index is 2220. The zero-order valence-corrected chi connectivity index (χ0v) is 37.8. The molecule has 0 saturated heterocycles. The lowest BCUT2D eigenvalue weighted by Gasteiger charge is -2.37. The number of hydrogen-bond acceptors (Lipinski definition) is 8. The molecule has 1 heterocycles. The average molecular weight is 925 g/mol. The number of carboxylic acid groups (broad SMARTS) is 1. The fourth-order valence-electron chi connectivity index (χ4n) is 7.45. The highest BCUT2D eigenvalue weighted by Gasteiger charge is 2.39. The first-order valence-electron chi connectivity index (χ1n) is 20.2. The number of imidazole rings is 1. The van der Waals surface area contributed by atoms with Crippen LogP contribution in [-0.2, 0) is 42.5 Å². The van der Waals surface area contributed by atoms with Crippen molar-refractivity contribution in [3.05, 3.63) is 162 Å². The number of amides is 2. The predicted octanol–water partition coefficient (Wildman–Crippen LogP) is 7.30. The van der Waals surface area contributed by atoms with Crippen LogP contribution in [0.25, 0.3) is 0 Å². The molecule has 0 bridgehead atoms. The Kier molecular flexibility index (Phi) is 17.0. The largest absolute Gasteiger partial charge is 0.480 e. The van der Waals surface area contributed by atoms with Gasteiger partial charge in [0.05, 0.1) is 23.8 Å². The first kappa shape index (κ1) is 48.1. The van der Waals surface area contributed by atoms with E-state index in [1.54, 1.807) is 6.33 Å². The lowest BCUT2D eigenvalue weighted by Crippen LogP contribution is -2.56. The van der Waals surface area contributed by atoms with E-state index in [0.717, 1.165) is 28.5 Å². The number of nitrogens with zero attached hydrogens (tertiary/aromatic N) is 3. The molecule has 0 aliphatic rings. The van der Waals surface area contributed by atoms with Crippen LogP contribution in [0, 0.1) is 5.92 Å². The van der Waals surface area contributed by atoms with Crippen LogP contribution in [0.5, 0.6) is 0 Å².